The predicted octanol–water partition coefficient (Wildman–Crippen LogP) is 2.12. The van der Waals surface area contributed by atoms with Crippen LogP contribution in [-0.2, 0) is 4.74 Å². The molecule has 17 heavy (non-hydrogen) atoms. The first-order valence-electron chi connectivity index (χ1n) is 6.23. The lowest BCUT2D eigenvalue weighted by atomic mass is 10.1. The van der Waals surface area contributed by atoms with Gasteiger partial charge in [0.05, 0.1) is 18.8 Å². The summed E-state index contributed by atoms with van der Waals surface area (Å²) in [6.45, 7) is 3.30. The number of hydrogen-bond donors (Lipinski definition) is 2. The van der Waals surface area contributed by atoms with E-state index in [0.717, 1.165) is 12.8 Å². The van der Waals surface area contributed by atoms with E-state index < -0.39 is 0 Å². The molecule has 0 saturated carbocycles. The van der Waals surface area contributed by atoms with Gasteiger partial charge < -0.3 is 15.2 Å². The molecule has 0 amide bonds. The molecule has 0 aliphatic rings. The van der Waals surface area contributed by atoms with Crippen molar-refractivity contribution in [2.75, 3.05) is 20.3 Å². The number of nitrogens with one attached hydrogen (secondary N) is 1. The third-order valence-electron chi connectivity index (χ3n) is 2.76. The van der Waals surface area contributed by atoms with E-state index in [1.165, 1.54) is 5.56 Å². The van der Waals surface area contributed by atoms with E-state index in [0.29, 0.717) is 13.2 Å². The normalized spacial score (nSPS) is 14.5. The Balaban J connectivity index is 2.49. The summed E-state index contributed by atoms with van der Waals surface area (Å²) in [5.74, 6) is 0. The van der Waals surface area contributed by atoms with Crippen LogP contribution in [0.1, 0.15) is 31.4 Å². The molecule has 96 valence electrons. The summed E-state index contributed by atoms with van der Waals surface area (Å²) in [7, 11) is 1.69. The topological polar surface area (TPSA) is 41.5 Å². The van der Waals surface area contributed by atoms with E-state index in [9.17, 15) is 5.11 Å². The Hall–Kier alpha value is -0.900. The smallest absolute Gasteiger partial charge is 0.0664 e. The van der Waals surface area contributed by atoms with Crippen molar-refractivity contribution < 1.29 is 9.84 Å². The minimum atomic E-state index is -0.275. The van der Waals surface area contributed by atoms with Crippen molar-refractivity contribution in [3.05, 3.63) is 35.9 Å². The second kappa shape index (κ2) is 8.23. The number of aliphatic hydroxyl groups excluding tert-OH is 1. The van der Waals surface area contributed by atoms with Crippen LogP contribution in [0.4, 0.5) is 0 Å². The third-order valence-corrected chi connectivity index (χ3v) is 2.76. The fraction of sp³-hybridized carbons (Fsp3) is 0.571. The highest BCUT2D eigenvalue weighted by molar-refractivity contribution is 5.18. The number of ether oxygens (including phenoxy) is 1. The van der Waals surface area contributed by atoms with Gasteiger partial charge in [0.2, 0.25) is 0 Å². The van der Waals surface area contributed by atoms with Crippen molar-refractivity contribution in [3.63, 3.8) is 0 Å². The fourth-order valence-electron chi connectivity index (χ4n) is 1.84. The molecule has 3 heteroatoms. The molecule has 0 aliphatic heterocycles. The summed E-state index contributed by atoms with van der Waals surface area (Å²) in [6, 6.07) is 10.3. The minimum absolute atomic E-state index is 0.146. The van der Waals surface area contributed by atoms with Gasteiger partial charge in [0.1, 0.15) is 0 Å². The summed E-state index contributed by atoms with van der Waals surface area (Å²) >= 11 is 0. The van der Waals surface area contributed by atoms with E-state index in [1.807, 2.05) is 18.2 Å². The summed E-state index contributed by atoms with van der Waals surface area (Å²) in [5, 5.41) is 13.1. The first-order valence-corrected chi connectivity index (χ1v) is 6.23. The van der Waals surface area contributed by atoms with Crippen LogP contribution >= 0.6 is 0 Å². The van der Waals surface area contributed by atoms with Crippen LogP contribution in [0.25, 0.3) is 0 Å². The second-order valence-corrected chi connectivity index (χ2v) is 4.27. The Kier molecular flexibility index (Phi) is 6.86. The molecule has 1 aromatic rings. The van der Waals surface area contributed by atoms with E-state index in [2.05, 4.69) is 24.4 Å². The number of methoxy groups -OCH3 is 1. The highest BCUT2D eigenvalue weighted by Gasteiger charge is 2.12. The van der Waals surface area contributed by atoms with Crippen molar-refractivity contribution in [3.8, 4) is 0 Å². The molecule has 0 fully saturated rings. The van der Waals surface area contributed by atoms with Gasteiger partial charge in [0.15, 0.2) is 0 Å². The predicted molar refractivity (Wildman–Crippen MR) is 70.0 cm³/mol. The lowest BCUT2D eigenvalue weighted by molar-refractivity contribution is 0.133. The van der Waals surface area contributed by atoms with Gasteiger partial charge in [-0.15, -0.1) is 0 Å². The van der Waals surface area contributed by atoms with E-state index in [4.69, 9.17) is 4.74 Å². The van der Waals surface area contributed by atoms with Gasteiger partial charge in [0.25, 0.3) is 0 Å². The molecule has 1 rings (SSSR count). The van der Waals surface area contributed by atoms with Gasteiger partial charge in [-0.25, -0.2) is 0 Å². The zero-order valence-corrected chi connectivity index (χ0v) is 10.7. The first-order chi connectivity index (χ1) is 8.27. The molecule has 0 bridgehead atoms. The van der Waals surface area contributed by atoms with Crippen LogP contribution in [0.2, 0.25) is 0 Å². The summed E-state index contributed by atoms with van der Waals surface area (Å²) in [5.41, 5.74) is 1.19. The summed E-state index contributed by atoms with van der Waals surface area (Å²) < 4.78 is 5.21. The van der Waals surface area contributed by atoms with Gasteiger partial charge in [-0.2, -0.15) is 0 Å². The SMILES string of the molecule is CCC[C@H](O)CN[C@@H](COC)c1ccccc1. The van der Waals surface area contributed by atoms with Crippen LogP contribution in [0.5, 0.6) is 0 Å². The van der Waals surface area contributed by atoms with Gasteiger partial charge in [-0.05, 0) is 12.0 Å². The lowest BCUT2D eigenvalue weighted by Crippen LogP contribution is -2.32. The quantitative estimate of drug-likeness (QED) is 0.727. The maximum atomic E-state index is 9.71. The van der Waals surface area contributed by atoms with Crippen LogP contribution in [-0.4, -0.2) is 31.5 Å². The Morgan fingerprint density at radius 3 is 2.59 bits per heavy atom. The molecule has 3 nitrogen and oxygen atoms in total. The molecule has 0 saturated heterocycles. The molecule has 2 atom stereocenters. The van der Waals surface area contributed by atoms with Crippen LogP contribution in [0, 0.1) is 0 Å². The monoisotopic (exact) mass is 237 g/mol. The van der Waals surface area contributed by atoms with Crippen molar-refractivity contribution >= 4 is 0 Å². The van der Waals surface area contributed by atoms with Crippen molar-refractivity contribution in [2.45, 2.75) is 31.9 Å². The zero-order chi connectivity index (χ0) is 12.5. The molecule has 0 unspecified atom stereocenters. The minimum Gasteiger partial charge on any atom is -0.392 e. The lowest BCUT2D eigenvalue weighted by Gasteiger charge is -2.20. The number of aliphatic hydroxyl groups is 1. The molecular formula is C14H23NO2. The van der Waals surface area contributed by atoms with E-state index in [-0.39, 0.29) is 12.1 Å². The largest absolute Gasteiger partial charge is 0.392 e. The molecule has 0 aromatic heterocycles. The number of hydrogen-bond acceptors (Lipinski definition) is 3. The molecule has 0 heterocycles. The second-order valence-electron chi connectivity index (χ2n) is 4.27. The molecule has 0 spiro atoms. The number of rotatable bonds is 8. The Bertz CT molecular complexity index is 290. The van der Waals surface area contributed by atoms with Gasteiger partial charge in [-0.3, -0.25) is 0 Å². The molecule has 0 aliphatic carbocycles. The van der Waals surface area contributed by atoms with Crippen molar-refractivity contribution in [1.29, 1.82) is 0 Å². The van der Waals surface area contributed by atoms with Crippen LogP contribution in [0.15, 0.2) is 30.3 Å². The zero-order valence-electron chi connectivity index (χ0n) is 10.7. The highest BCUT2D eigenvalue weighted by Crippen LogP contribution is 2.12. The Labute approximate surface area is 104 Å². The van der Waals surface area contributed by atoms with Gasteiger partial charge in [-0.1, -0.05) is 43.7 Å². The van der Waals surface area contributed by atoms with E-state index in [1.54, 1.807) is 7.11 Å². The molecular weight excluding hydrogens is 214 g/mol. The first kappa shape index (κ1) is 14.2. The number of benzene rings is 1. The molecule has 1 aromatic carbocycles. The van der Waals surface area contributed by atoms with Crippen LogP contribution < -0.4 is 5.32 Å². The standard InChI is InChI=1S/C14H23NO2/c1-3-7-13(16)10-15-14(11-17-2)12-8-5-4-6-9-12/h4-6,8-9,13-16H,3,7,10-11H2,1-2H3/t13-,14-/m0/s1. The average Bonchev–Trinajstić information content (AvgIpc) is 2.36. The Morgan fingerprint density at radius 2 is 2.00 bits per heavy atom. The third kappa shape index (κ3) is 5.31. The van der Waals surface area contributed by atoms with Crippen molar-refractivity contribution in [2.24, 2.45) is 0 Å². The highest BCUT2D eigenvalue weighted by atomic mass is 16.5. The summed E-state index contributed by atoms with van der Waals surface area (Å²) in [6.07, 6.45) is 1.56. The molecule has 0 radical (unpaired) electrons. The van der Waals surface area contributed by atoms with Crippen LogP contribution in [0.3, 0.4) is 0 Å². The Morgan fingerprint density at radius 1 is 1.29 bits per heavy atom. The van der Waals surface area contributed by atoms with E-state index >= 15 is 0 Å². The average molecular weight is 237 g/mol. The maximum Gasteiger partial charge on any atom is 0.0664 e. The molecule has 2 N–H and O–H groups in total. The maximum absolute atomic E-state index is 9.71. The van der Waals surface area contributed by atoms with Crippen molar-refractivity contribution in [1.82, 2.24) is 5.32 Å². The fourth-order valence-corrected chi connectivity index (χ4v) is 1.84. The van der Waals surface area contributed by atoms with Gasteiger partial charge in [0, 0.05) is 13.7 Å². The summed E-state index contributed by atoms with van der Waals surface area (Å²) in [4.78, 5) is 0. The van der Waals surface area contributed by atoms with Gasteiger partial charge >= 0.3 is 0 Å².